The van der Waals surface area contributed by atoms with E-state index in [9.17, 15) is 31.1 Å². The molecule has 3 aromatic rings. The van der Waals surface area contributed by atoms with E-state index in [0.717, 1.165) is 4.68 Å². The van der Waals surface area contributed by atoms with Gasteiger partial charge in [0.1, 0.15) is 0 Å². The second-order valence-corrected chi connectivity index (χ2v) is 5.75. The molecule has 0 atom stereocenters. The molecule has 0 aliphatic carbocycles. The molecule has 11 heteroatoms. The molecule has 0 fully saturated rings. The summed E-state index contributed by atoms with van der Waals surface area (Å²) in [6.07, 6.45) is -6.70. The Bertz CT molecular complexity index is 963. The molecule has 0 amide bonds. The quantitative estimate of drug-likeness (QED) is 0.486. The van der Waals surface area contributed by atoms with Gasteiger partial charge in [-0.1, -0.05) is 5.21 Å². The number of carbonyl (C=O) groups is 1. The predicted molar refractivity (Wildman–Crippen MR) is 84.2 cm³/mol. The van der Waals surface area contributed by atoms with Crippen LogP contribution in [0, 0.1) is 0 Å². The summed E-state index contributed by atoms with van der Waals surface area (Å²) in [6, 6.07) is 4.28. The topological polar surface area (TPSA) is 60.7 Å². The Hall–Kier alpha value is -3.24. The summed E-state index contributed by atoms with van der Waals surface area (Å²) in [5, 5.41) is 7.32. The zero-order valence-corrected chi connectivity index (χ0v) is 13.8. The highest BCUT2D eigenvalue weighted by Gasteiger charge is 2.37. The summed E-state index contributed by atoms with van der Waals surface area (Å²) >= 11 is 0. The largest absolute Gasteiger partial charge is 0.416 e. The van der Waals surface area contributed by atoms with Gasteiger partial charge >= 0.3 is 12.4 Å². The van der Waals surface area contributed by atoms with E-state index in [2.05, 4.69) is 15.3 Å². The molecule has 0 spiro atoms. The van der Waals surface area contributed by atoms with Gasteiger partial charge in [-0.2, -0.15) is 26.3 Å². The number of carbonyl (C=O) groups excluding carboxylic acids is 1. The predicted octanol–water partition coefficient (Wildman–Crippen LogP) is 4.24. The molecule has 0 aliphatic heterocycles. The van der Waals surface area contributed by atoms with Crippen LogP contribution >= 0.6 is 0 Å². The van der Waals surface area contributed by atoms with E-state index >= 15 is 0 Å². The van der Waals surface area contributed by atoms with E-state index in [1.165, 1.54) is 24.5 Å². The van der Waals surface area contributed by atoms with Crippen LogP contribution in [-0.4, -0.2) is 26.3 Å². The van der Waals surface area contributed by atoms with Crippen molar-refractivity contribution in [1.82, 2.24) is 20.0 Å². The van der Waals surface area contributed by atoms with Crippen molar-refractivity contribution in [3.63, 3.8) is 0 Å². The van der Waals surface area contributed by atoms with Crippen LogP contribution in [0.15, 0.2) is 42.7 Å². The number of aromatic nitrogens is 4. The van der Waals surface area contributed by atoms with Crippen LogP contribution in [-0.2, 0) is 18.9 Å². The number of halogens is 6. The molecule has 1 aromatic carbocycles. The molecule has 2 aromatic heterocycles. The van der Waals surface area contributed by atoms with Crippen molar-refractivity contribution in [2.24, 2.45) is 0 Å². The van der Waals surface area contributed by atoms with Gasteiger partial charge in [-0.25, -0.2) is 4.68 Å². The lowest BCUT2D eigenvalue weighted by molar-refractivity contribution is -0.143. The summed E-state index contributed by atoms with van der Waals surface area (Å²) in [6.45, 7) is -0.453. The highest BCUT2D eigenvalue weighted by Crippen LogP contribution is 2.36. The lowest BCUT2D eigenvalue weighted by atomic mass is 10.0. The summed E-state index contributed by atoms with van der Waals surface area (Å²) in [4.78, 5) is 15.0. The van der Waals surface area contributed by atoms with E-state index in [0.29, 0.717) is 24.0 Å². The molecule has 0 saturated heterocycles. The first-order valence-electron chi connectivity index (χ1n) is 7.67. The van der Waals surface area contributed by atoms with Crippen LogP contribution in [0.2, 0.25) is 0 Å². The van der Waals surface area contributed by atoms with Crippen molar-refractivity contribution >= 4 is 6.29 Å². The normalized spacial score (nSPS) is 12.2. The Morgan fingerprint density at radius 2 is 1.50 bits per heavy atom. The maximum atomic E-state index is 13.0. The van der Waals surface area contributed by atoms with Gasteiger partial charge in [-0.15, -0.1) is 5.10 Å². The number of alkyl halides is 6. The number of pyridine rings is 1. The maximum absolute atomic E-state index is 13.0. The molecule has 5 nitrogen and oxygen atoms in total. The van der Waals surface area contributed by atoms with Crippen LogP contribution in [0.3, 0.4) is 0 Å². The number of benzene rings is 1. The molecule has 0 unspecified atom stereocenters. The fourth-order valence-corrected chi connectivity index (χ4v) is 2.61. The van der Waals surface area contributed by atoms with Crippen LogP contribution in [0.4, 0.5) is 26.3 Å². The van der Waals surface area contributed by atoms with Crippen LogP contribution < -0.4 is 0 Å². The molecule has 2 heterocycles. The summed E-state index contributed by atoms with van der Waals surface area (Å²) in [5.41, 5.74) is -2.67. The zero-order chi connectivity index (χ0) is 20.5. The van der Waals surface area contributed by atoms with Crippen molar-refractivity contribution in [1.29, 1.82) is 0 Å². The number of rotatable bonds is 4. The lowest BCUT2D eigenvalue weighted by Gasteiger charge is -2.15. The minimum Gasteiger partial charge on any atom is -0.296 e. The average molecular weight is 400 g/mol. The number of hydrogen-bond donors (Lipinski definition) is 0. The second kappa shape index (κ2) is 7.06. The first kappa shape index (κ1) is 19.5. The van der Waals surface area contributed by atoms with Gasteiger partial charge in [-0.05, 0) is 35.9 Å². The molecule has 0 bridgehead atoms. The Kier molecular flexibility index (Phi) is 4.92. The van der Waals surface area contributed by atoms with E-state index < -0.39 is 30.0 Å². The molecule has 0 radical (unpaired) electrons. The van der Waals surface area contributed by atoms with Crippen molar-refractivity contribution in [3.05, 3.63) is 65.1 Å². The van der Waals surface area contributed by atoms with Gasteiger partial charge in [0.2, 0.25) is 0 Å². The Morgan fingerprint density at radius 3 is 2.00 bits per heavy atom. The van der Waals surface area contributed by atoms with E-state index in [1.54, 1.807) is 0 Å². The zero-order valence-electron chi connectivity index (χ0n) is 13.8. The van der Waals surface area contributed by atoms with Gasteiger partial charge in [0, 0.05) is 18.0 Å². The molecule has 3 rings (SSSR count). The molecule has 0 aliphatic rings. The van der Waals surface area contributed by atoms with E-state index in [-0.39, 0.29) is 23.0 Å². The number of hydrogen-bond acceptors (Lipinski definition) is 4. The molecule has 0 N–H and O–H groups in total. The molecule has 146 valence electrons. The number of nitrogens with zero attached hydrogens (tertiary/aromatic N) is 4. The lowest BCUT2D eigenvalue weighted by Crippen LogP contribution is -2.13. The van der Waals surface area contributed by atoms with Gasteiger partial charge < -0.3 is 0 Å². The smallest absolute Gasteiger partial charge is 0.296 e. The minimum atomic E-state index is -4.96. The molecule has 28 heavy (non-hydrogen) atoms. The first-order valence-corrected chi connectivity index (χ1v) is 7.67. The second-order valence-electron chi connectivity index (χ2n) is 5.75. The Morgan fingerprint density at radius 1 is 0.929 bits per heavy atom. The Balaban J connectivity index is 2.10. The molecule has 0 saturated carbocycles. The third kappa shape index (κ3) is 4.02. The maximum Gasteiger partial charge on any atom is 0.416 e. The van der Waals surface area contributed by atoms with Gasteiger partial charge in [0.25, 0.3) is 0 Å². The summed E-state index contributed by atoms with van der Waals surface area (Å²) < 4.78 is 79.2. The van der Waals surface area contributed by atoms with E-state index in [1.807, 2.05) is 0 Å². The molecular weight excluding hydrogens is 390 g/mol. The SMILES string of the molecule is O=Cc1nnn(Cc2cc(C(F)(F)F)cc(C(F)(F)F)c2)c1-c1ccncc1. The van der Waals surface area contributed by atoms with Crippen LogP contribution in [0.25, 0.3) is 11.3 Å². The van der Waals surface area contributed by atoms with Crippen molar-refractivity contribution in [3.8, 4) is 11.3 Å². The van der Waals surface area contributed by atoms with Gasteiger partial charge in [0.15, 0.2) is 12.0 Å². The molecular formula is C17H10F6N4O. The standard InChI is InChI=1S/C17H10F6N4O/c18-16(19,20)12-5-10(6-13(7-12)17(21,22)23)8-27-15(14(9-28)25-26-27)11-1-3-24-4-2-11/h1-7,9H,8H2. The third-order valence-corrected chi connectivity index (χ3v) is 3.81. The fourth-order valence-electron chi connectivity index (χ4n) is 2.61. The van der Waals surface area contributed by atoms with Crippen LogP contribution in [0.5, 0.6) is 0 Å². The minimum absolute atomic E-state index is 0.0471. The third-order valence-electron chi connectivity index (χ3n) is 3.81. The fraction of sp³-hybridized carbons (Fsp3) is 0.176. The highest BCUT2D eigenvalue weighted by atomic mass is 19.4. The van der Waals surface area contributed by atoms with Gasteiger partial charge in [0.05, 0.1) is 23.4 Å². The Labute approximate surface area is 153 Å². The van der Waals surface area contributed by atoms with Crippen molar-refractivity contribution < 1.29 is 31.1 Å². The van der Waals surface area contributed by atoms with Crippen molar-refractivity contribution in [2.75, 3.05) is 0 Å². The highest BCUT2D eigenvalue weighted by molar-refractivity contribution is 5.83. The first-order chi connectivity index (χ1) is 13.1. The van der Waals surface area contributed by atoms with Gasteiger partial charge in [-0.3, -0.25) is 9.78 Å². The van der Waals surface area contributed by atoms with Crippen molar-refractivity contribution in [2.45, 2.75) is 18.9 Å². The average Bonchev–Trinajstić information content (AvgIpc) is 3.03. The number of aldehydes is 1. The van der Waals surface area contributed by atoms with E-state index in [4.69, 9.17) is 0 Å². The summed E-state index contributed by atoms with van der Waals surface area (Å²) in [7, 11) is 0. The monoisotopic (exact) mass is 400 g/mol. The van der Waals surface area contributed by atoms with Crippen LogP contribution in [0.1, 0.15) is 27.2 Å². The summed E-state index contributed by atoms with van der Waals surface area (Å²) in [5.74, 6) is 0.